The molecule has 20 heavy (non-hydrogen) atoms. The van der Waals surface area contributed by atoms with E-state index in [4.69, 9.17) is 11.6 Å². The van der Waals surface area contributed by atoms with E-state index in [0.717, 1.165) is 13.1 Å². The van der Waals surface area contributed by atoms with Gasteiger partial charge in [-0.2, -0.15) is 4.31 Å². The lowest BCUT2D eigenvalue weighted by Crippen LogP contribution is -2.49. The lowest BCUT2D eigenvalue weighted by Gasteiger charge is -2.36. The number of anilines is 1. The van der Waals surface area contributed by atoms with Gasteiger partial charge in [0.1, 0.15) is 0 Å². The molecule has 1 fully saturated rings. The molecule has 2 rings (SSSR count). The SMILES string of the molecule is Cc1ccccc1N1CCN(S(=O)(=O)CCCCl)CC1. The van der Waals surface area contributed by atoms with Crippen LogP contribution in [0.25, 0.3) is 0 Å². The summed E-state index contributed by atoms with van der Waals surface area (Å²) >= 11 is 5.58. The minimum atomic E-state index is -3.14. The van der Waals surface area contributed by atoms with Crippen molar-refractivity contribution in [2.24, 2.45) is 0 Å². The van der Waals surface area contributed by atoms with E-state index in [2.05, 4.69) is 24.0 Å². The molecule has 1 aliphatic rings. The second-order valence-corrected chi connectivity index (χ2v) is 7.50. The summed E-state index contributed by atoms with van der Waals surface area (Å²) in [6.07, 6.45) is 0.516. The third-order valence-corrected chi connectivity index (χ3v) is 5.85. The molecule has 0 saturated carbocycles. The molecule has 1 aromatic carbocycles. The van der Waals surface area contributed by atoms with Gasteiger partial charge in [0, 0.05) is 37.7 Å². The van der Waals surface area contributed by atoms with Gasteiger partial charge in [-0.25, -0.2) is 8.42 Å². The molecule has 4 nitrogen and oxygen atoms in total. The van der Waals surface area contributed by atoms with E-state index in [0.29, 0.717) is 25.4 Å². The number of nitrogens with zero attached hydrogens (tertiary/aromatic N) is 2. The Hall–Kier alpha value is -0.780. The van der Waals surface area contributed by atoms with Gasteiger partial charge >= 0.3 is 0 Å². The Labute approximate surface area is 126 Å². The van der Waals surface area contributed by atoms with E-state index in [9.17, 15) is 8.42 Å². The Balaban J connectivity index is 1.98. The lowest BCUT2D eigenvalue weighted by molar-refractivity contribution is 0.384. The Bertz CT molecular complexity index is 540. The highest BCUT2D eigenvalue weighted by molar-refractivity contribution is 7.89. The van der Waals surface area contributed by atoms with Crippen molar-refractivity contribution in [2.75, 3.05) is 42.7 Å². The highest BCUT2D eigenvalue weighted by Crippen LogP contribution is 2.21. The summed E-state index contributed by atoms with van der Waals surface area (Å²) in [5.74, 6) is 0.545. The zero-order chi connectivity index (χ0) is 14.6. The predicted molar refractivity (Wildman–Crippen MR) is 84.1 cm³/mol. The largest absolute Gasteiger partial charge is 0.369 e. The highest BCUT2D eigenvalue weighted by Gasteiger charge is 2.26. The number of benzene rings is 1. The number of sulfonamides is 1. The van der Waals surface area contributed by atoms with Crippen LogP contribution in [0, 0.1) is 6.92 Å². The molecule has 6 heteroatoms. The first-order valence-electron chi connectivity index (χ1n) is 6.89. The molecule has 0 aliphatic carbocycles. The Morgan fingerprint density at radius 1 is 1.15 bits per heavy atom. The molecule has 0 bridgehead atoms. The first kappa shape index (κ1) is 15.6. The monoisotopic (exact) mass is 316 g/mol. The fourth-order valence-electron chi connectivity index (χ4n) is 2.49. The van der Waals surface area contributed by atoms with Gasteiger partial charge in [-0.15, -0.1) is 11.6 Å². The van der Waals surface area contributed by atoms with Gasteiger partial charge in [0.25, 0.3) is 0 Å². The summed E-state index contributed by atoms with van der Waals surface area (Å²) in [7, 11) is -3.14. The van der Waals surface area contributed by atoms with Crippen LogP contribution in [0.2, 0.25) is 0 Å². The maximum absolute atomic E-state index is 12.1. The van der Waals surface area contributed by atoms with Crippen molar-refractivity contribution in [2.45, 2.75) is 13.3 Å². The van der Waals surface area contributed by atoms with Crippen molar-refractivity contribution in [3.05, 3.63) is 29.8 Å². The number of para-hydroxylation sites is 1. The van der Waals surface area contributed by atoms with Gasteiger partial charge < -0.3 is 4.90 Å². The summed E-state index contributed by atoms with van der Waals surface area (Å²) < 4.78 is 25.8. The van der Waals surface area contributed by atoms with Crippen LogP contribution in [0.3, 0.4) is 0 Å². The quantitative estimate of drug-likeness (QED) is 0.781. The van der Waals surface area contributed by atoms with E-state index >= 15 is 0 Å². The minimum absolute atomic E-state index is 0.154. The molecule has 0 atom stereocenters. The highest BCUT2D eigenvalue weighted by atomic mass is 35.5. The van der Waals surface area contributed by atoms with Crippen LogP contribution in [0.15, 0.2) is 24.3 Å². The van der Waals surface area contributed by atoms with E-state index < -0.39 is 10.0 Å². The van der Waals surface area contributed by atoms with Crippen molar-refractivity contribution < 1.29 is 8.42 Å². The number of aryl methyl sites for hydroxylation is 1. The van der Waals surface area contributed by atoms with Crippen LogP contribution in [0.4, 0.5) is 5.69 Å². The predicted octanol–water partition coefficient (Wildman–Crippen LogP) is 2.08. The summed E-state index contributed by atoms with van der Waals surface area (Å²) in [4.78, 5) is 2.25. The molecule has 0 radical (unpaired) electrons. The number of halogens is 1. The van der Waals surface area contributed by atoms with Crippen molar-refractivity contribution in [3.63, 3.8) is 0 Å². The maximum atomic E-state index is 12.1. The summed E-state index contributed by atoms with van der Waals surface area (Å²) in [5.41, 5.74) is 2.43. The Morgan fingerprint density at radius 2 is 1.80 bits per heavy atom. The fraction of sp³-hybridized carbons (Fsp3) is 0.571. The molecule has 1 heterocycles. The Kier molecular flexibility index (Phi) is 5.29. The van der Waals surface area contributed by atoms with Crippen molar-refractivity contribution in [1.82, 2.24) is 4.31 Å². The zero-order valence-electron chi connectivity index (χ0n) is 11.8. The number of piperazine rings is 1. The summed E-state index contributed by atoms with van der Waals surface area (Å²) in [5, 5.41) is 0. The van der Waals surface area contributed by atoms with Crippen molar-refractivity contribution in [1.29, 1.82) is 0 Å². The van der Waals surface area contributed by atoms with E-state index in [-0.39, 0.29) is 5.75 Å². The van der Waals surface area contributed by atoms with E-state index in [1.807, 2.05) is 12.1 Å². The van der Waals surface area contributed by atoms with Gasteiger partial charge in [0.05, 0.1) is 5.75 Å². The summed E-state index contributed by atoms with van der Waals surface area (Å²) in [6, 6.07) is 8.21. The normalized spacial score (nSPS) is 17.4. The van der Waals surface area contributed by atoms with Crippen LogP contribution >= 0.6 is 11.6 Å². The second-order valence-electron chi connectivity index (χ2n) is 5.03. The van der Waals surface area contributed by atoms with Crippen LogP contribution in [-0.2, 0) is 10.0 Å². The molecule has 1 aromatic rings. The third-order valence-electron chi connectivity index (χ3n) is 3.62. The van der Waals surface area contributed by atoms with Crippen LogP contribution < -0.4 is 4.90 Å². The average molecular weight is 317 g/mol. The first-order chi connectivity index (χ1) is 9.54. The summed E-state index contributed by atoms with van der Waals surface area (Å²) in [6.45, 7) is 4.67. The van der Waals surface area contributed by atoms with Gasteiger partial charge in [0.2, 0.25) is 10.0 Å². The molecule has 1 aliphatic heterocycles. The molecule has 0 amide bonds. The molecular formula is C14H21ClN2O2S. The van der Waals surface area contributed by atoms with Crippen molar-refractivity contribution in [3.8, 4) is 0 Å². The maximum Gasteiger partial charge on any atom is 0.214 e. The van der Waals surface area contributed by atoms with Gasteiger partial charge in [-0.3, -0.25) is 0 Å². The molecule has 0 spiro atoms. The first-order valence-corrected chi connectivity index (χ1v) is 9.03. The number of rotatable bonds is 5. The zero-order valence-corrected chi connectivity index (χ0v) is 13.3. The van der Waals surface area contributed by atoms with Crippen LogP contribution in [0.5, 0.6) is 0 Å². The molecular weight excluding hydrogens is 296 g/mol. The third kappa shape index (κ3) is 3.65. The van der Waals surface area contributed by atoms with E-state index in [1.54, 1.807) is 4.31 Å². The second kappa shape index (κ2) is 6.78. The number of alkyl halides is 1. The number of hydrogen-bond donors (Lipinski definition) is 0. The molecule has 112 valence electrons. The van der Waals surface area contributed by atoms with Gasteiger partial charge in [-0.05, 0) is 25.0 Å². The van der Waals surface area contributed by atoms with E-state index in [1.165, 1.54) is 11.3 Å². The van der Waals surface area contributed by atoms with Crippen molar-refractivity contribution >= 4 is 27.3 Å². The van der Waals surface area contributed by atoms with Gasteiger partial charge in [-0.1, -0.05) is 18.2 Å². The Morgan fingerprint density at radius 3 is 2.40 bits per heavy atom. The average Bonchev–Trinajstić information content (AvgIpc) is 2.46. The fourth-order valence-corrected chi connectivity index (χ4v) is 4.27. The van der Waals surface area contributed by atoms with Crippen LogP contribution in [0.1, 0.15) is 12.0 Å². The smallest absolute Gasteiger partial charge is 0.214 e. The topological polar surface area (TPSA) is 40.6 Å². The minimum Gasteiger partial charge on any atom is -0.369 e. The van der Waals surface area contributed by atoms with Gasteiger partial charge in [0.15, 0.2) is 0 Å². The lowest BCUT2D eigenvalue weighted by atomic mass is 10.1. The number of hydrogen-bond acceptors (Lipinski definition) is 3. The molecule has 0 aromatic heterocycles. The van der Waals surface area contributed by atoms with Crippen LogP contribution in [-0.4, -0.2) is 50.5 Å². The molecule has 1 saturated heterocycles. The molecule has 0 unspecified atom stereocenters. The molecule has 0 N–H and O–H groups in total. The standard InChI is InChI=1S/C14H21ClN2O2S/c1-13-5-2-3-6-14(13)16-8-10-17(11-9-16)20(18,19)12-4-7-15/h2-3,5-6H,4,7-12H2,1H3.